The van der Waals surface area contributed by atoms with E-state index in [4.69, 9.17) is 10.5 Å². The highest BCUT2D eigenvalue weighted by Gasteiger charge is 2.39. The second kappa shape index (κ2) is 4.53. The maximum Gasteiger partial charge on any atom is 0.407 e. The molecule has 0 radical (unpaired) electrons. The second-order valence-corrected chi connectivity index (χ2v) is 2.99. The Balaban J connectivity index is 3.02. The van der Waals surface area contributed by atoms with Crippen LogP contribution in [0.5, 0.6) is 5.75 Å². The molecule has 1 atom stereocenters. The van der Waals surface area contributed by atoms with Crippen LogP contribution in [-0.4, -0.2) is 12.8 Å². The standard InChI is InChI=1S/C10H12F3NO/c1-2-15-8-6-4-3-5-7(8)9(14)10(11,12)13/h3-6,9H,2,14H2,1H3/t9-/m1/s1. The van der Waals surface area contributed by atoms with Crippen molar-refractivity contribution in [2.24, 2.45) is 5.73 Å². The zero-order chi connectivity index (χ0) is 11.5. The van der Waals surface area contributed by atoms with Gasteiger partial charge in [-0.3, -0.25) is 0 Å². The highest BCUT2D eigenvalue weighted by molar-refractivity contribution is 5.36. The van der Waals surface area contributed by atoms with E-state index in [9.17, 15) is 13.2 Å². The number of benzene rings is 1. The Morgan fingerprint density at radius 2 is 1.93 bits per heavy atom. The summed E-state index contributed by atoms with van der Waals surface area (Å²) in [7, 11) is 0. The molecule has 0 bridgehead atoms. The van der Waals surface area contributed by atoms with Gasteiger partial charge in [0.25, 0.3) is 0 Å². The highest BCUT2D eigenvalue weighted by Crippen LogP contribution is 2.35. The first-order chi connectivity index (χ1) is 6.96. The van der Waals surface area contributed by atoms with Gasteiger partial charge in [0.2, 0.25) is 0 Å². The molecule has 0 saturated carbocycles. The van der Waals surface area contributed by atoms with Crippen LogP contribution >= 0.6 is 0 Å². The van der Waals surface area contributed by atoms with Crippen LogP contribution in [0, 0.1) is 0 Å². The minimum atomic E-state index is -4.45. The number of rotatable bonds is 3. The molecule has 1 rings (SSSR count). The molecule has 0 saturated heterocycles. The van der Waals surface area contributed by atoms with E-state index in [0.717, 1.165) is 0 Å². The summed E-state index contributed by atoms with van der Waals surface area (Å²) < 4.78 is 42.2. The molecule has 15 heavy (non-hydrogen) atoms. The molecule has 0 aliphatic heterocycles. The van der Waals surface area contributed by atoms with E-state index < -0.39 is 12.2 Å². The SMILES string of the molecule is CCOc1ccccc1[C@@H](N)C(F)(F)F. The van der Waals surface area contributed by atoms with Crippen LogP contribution in [0.15, 0.2) is 24.3 Å². The molecule has 0 aromatic heterocycles. The highest BCUT2D eigenvalue weighted by atomic mass is 19.4. The number of ether oxygens (including phenoxy) is 1. The third-order valence-corrected chi connectivity index (χ3v) is 1.91. The van der Waals surface area contributed by atoms with Gasteiger partial charge >= 0.3 is 6.18 Å². The van der Waals surface area contributed by atoms with Gasteiger partial charge in [-0.15, -0.1) is 0 Å². The van der Waals surface area contributed by atoms with E-state index in [1.54, 1.807) is 13.0 Å². The predicted molar refractivity (Wildman–Crippen MR) is 50.6 cm³/mol. The zero-order valence-corrected chi connectivity index (χ0v) is 8.21. The lowest BCUT2D eigenvalue weighted by molar-refractivity contribution is -0.149. The van der Waals surface area contributed by atoms with Gasteiger partial charge in [-0.05, 0) is 13.0 Å². The molecular formula is C10H12F3NO. The first-order valence-corrected chi connectivity index (χ1v) is 4.50. The van der Waals surface area contributed by atoms with Gasteiger partial charge in [0.1, 0.15) is 11.8 Å². The fourth-order valence-electron chi connectivity index (χ4n) is 1.20. The number of para-hydroxylation sites is 1. The van der Waals surface area contributed by atoms with E-state index in [0.29, 0.717) is 6.61 Å². The molecule has 2 nitrogen and oxygen atoms in total. The first-order valence-electron chi connectivity index (χ1n) is 4.50. The van der Waals surface area contributed by atoms with Gasteiger partial charge in [0.05, 0.1) is 6.61 Å². The summed E-state index contributed by atoms with van der Waals surface area (Å²) in [5.41, 5.74) is 5.06. The van der Waals surface area contributed by atoms with E-state index >= 15 is 0 Å². The van der Waals surface area contributed by atoms with Crippen molar-refractivity contribution in [1.29, 1.82) is 0 Å². The lowest BCUT2D eigenvalue weighted by Gasteiger charge is -2.18. The average molecular weight is 219 g/mol. The van der Waals surface area contributed by atoms with Crippen molar-refractivity contribution < 1.29 is 17.9 Å². The Morgan fingerprint density at radius 3 is 2.47 bits per heavy atom. The summed E-state index contributed by atoms with van der Waals surface area (Å²) in [5, 5.41) is 0. The van der Waals surface area contributed by atoms with E-state index in [2.05, 4.69) is 0 Å². The summed E-state index contributed by atoms with van der Waals surface area (Å²) in [6, 6.07) is 3.91. The van der Waals surface area contributed by atoms with Crippen molar-refractivity contribution in [3.63, 3.8) is 0 Å². The van der Waals surface area contributed by atoms with Crippen molar-refractivity contribution >= 4 is 0 Å². The molecule has 0 aliphatic rings. The molecule has 2 N–H and O–H groups in total. The number of alkyl halides is 3. The largest absolute Gasteiger partial charge is 0.494 e. The summed E-state index contributed by atoms with van der Waals surface area (Å²) in [4.78, 5) is 0. The van der Waals surface area contributed by atoms with Crippen LogP contribution in [0.2, 0.25) is 0 Å². The number of hydrogen-bond donors (Lipinski definition) is 1. The summed E-state index contributed by atoms with van der Waals surface area (Å²) in [5.74, 6) is 0.185. The van der Waals surface area contributed by atoms with E-state index in [-0.39, 0.29) is 11.3 Å². The monoisotopic (exact) mass is 219 g/mol. The molecule has 5 heteroatoms. The Labute approximate surface area is 85.8 Å². The lowest BCUT2D eigenvalue weighted by atomic mass is 10.1. The van der Waals surface area contributed by atoms with Crippen molar-refractivity contribution in [1.82, 2.24) is 0 Å². The van der Waals surface area contributed by atoms with Crippen LogP contribution in [0.25, 0.3) is 0 Å². The van der Waals surface area contributed by atoms with Crippen LogP contribution in [-0.2, 0) is 0 Å². The molecule has 84 valence electrons. The van der Waals surface area contributed by atoms with Gasteiger partial charge in [-0.25, -0.2) is 0 Å². The molecule has 1 aromatic carbocycles. The molecule has 0 spiro atoms. The first kappa shape index (κ1) is 11.8. The molecule has 0 unspecified atom stereocenters. The number of hydrogen-bond acceptors (Lipinski definition) is 2. The van der Waals surface area contributed by atoms with Gasteiger partial charge in [-0.1, -0.05) is 18.2 Å². The van der Waals surface area contributed by atoms with Gasteiger partial charge in [0, 0.05) is 5.56 Å². The average Bonchev–Trinajstić information content (AvgIpc) is 2.17. The van der Waals surface area contributed by atoms with Crippen molar-refractivity contribution in [3.8, 4) is 5.75 Å². The third-order valence-electron chi connectivity index (χ3n) is 1.91. The van der Waals surface area contributed by atoms with Gasteiger partial charge in [0.15, 0.2) is 0 Å². The molecule has 1 aromatic rings. The van der Waals surface area contributed by atoms with Gasteiger partial charge in [-0.2, -0.15) is 13.2 Å². The smallest absolute Gasteiger partial charge is 0.407 e. The van der Waals surface area contributed by atoms with Crippen molar-refractivity contribution in [2.45, 2.75) is 19.1 Å². The quantitative estimate of drug-likeness (QED) is 0.848. The third kappa shape index (κ3) is 2.86. The minimum absolute atomic E-state index is 0.0353. The van der Waals surface area contributed by atoms with Crippen LogP contribution < -0.4 is 10.5 Å². The fourth-order valence-corrected chi connectivity index (χ4v) is 1.20. The van der Waals surface area contributed by atoms with Crippen molar-refractivity contribution in [2.75, 3.05) is 6.61 Å². The topological polar surface area (TPSA) is 35.2 Å². The predicted octanol–water partition coefficient (Wildman–Crippen LogP) is 2.65. The second-order valence-electron chi connectivity index (χ2n) is 2.99. The number of nitrogens with two attached hydrogens (primary N) is 1. The zero-order valence-electron chi connectivity index (χ0n) is 8.21. The molecule has 0 heterocycles. The molecule has 0 aliphatic carbocycles. The number of halogens is 3. The Kier molecular flexibility index (Phi) is 3.57. The van der Waals surface area contributed by atoms with Crippen molar-refractivity contribution in [3.05, 3.63) is 29.8 Å². The fraction of sp³-hybridized carbons (Fsp3) is 0.400. The molecule has 0 fully saturated rings. The Morgan fingerprint density at radius 1 is 1.33 bits per heavy atom. The van der Waals surface area contributed by atoms with Gasteiger partial charge < -0.3 is 10.5 Å². The summed E-state index contributed by atoms with van der Waals surface area (Å²) >= 11 is 0. The maximum absolute atomic E-state index is 12.4. The van der Waals surface area contributed by atoms with E-state index in [1.165, 1.54) is 18.2 Å². The lowest BCUT2D eigenvalue weighted by Crippen LogP contribution is -2.28. The molecule has 0 amide bonds. The Hall–Kier alpha value is -1.23. The van der Waals surface area contributed by atoms with Crippen LogP contribution in [0.1, 0.15) is 18.5 Å². The normalized spacial score (nSPS) is 13.7. The summed E-state index contributed by atoms with van der Waals surface area (Å²) in [6.45, 7) is 2.01. The Bertz CT molecular complexity index is 325. The van der Waals surface area contributed by atoms with Crippen LogP contribution in [0.3, 0.4) is 0 Å². The maximum atomic E-state index is 12.4. The van der Waals surface area contributed by atoms with Crippen LogP contribution in [0.4, 0.5) is 13.2 Å². The molecular weight excluding hydrogens is 207 g/mol. The summed E-state index contributed by atoms with van der Waals surface area (Å²) in [6.07, 6.45) is -4.45. The minimum Gasteiger partial charge on any atom is -0.494 e. The van der Waals surface area contributed by atoms with E-state index in [1.807, 2.05) is 0 Å².